The fraction of sp³-hybridized carbons (Fsp3) is 0.500. The van der Waals surface area contributed by atoms with Crippen LogP contribution in [0.2, 0.25) is 5.02 Å². The molecule has 0 aliphatic carbocycles. The van der Waals surface area contributed by atoms with Gasteiger partial charge in [-0.25, -0.2) is 8.42 Å². The van der Waals surface area contributed by atoms with Crippen LogP contribution in [0.25, 0.3) is 0 Å². The van der Waals surface area contributed by atoms with Gasteiger partial charge in [0.25, 0.3) is 0 Å². The molecule has 0 saturated carbocycles. The number of sulfonamides is 1. The Morgan fingerprint density at radius 3 is 2.63 bits per heavy atom. The predicted molar refractivity (Wildman–Crippen MR) is 76.4 cm³/mol. The Hall–Kier alpha value is -0.980. The molecular weight excluding hydrogens is 290 g/mol. The third kappa shape index (κ3) is 5.26. The van der Waals surface area contributed by atoms with Crippen molar-refractivity contribution in [3.05, 3.63) is 22.7 Å². The van der Waals surface area contributed by atoms with Crippen LogP contribution in [0, 0.1) is 6.92 Å². The Morgan fingerprint density at radius 2 is 2.05 bits per heavy atom. The molecule has 0 atom stereocenters. The minimum atomic E-state index is -3.58. The van der Waals surface area contributed by atoms with Crippen LogP contribution in [0.1, 0.15) is 19.4 Å². The second-order valence-corrected chi connectivity index (χ2v) is 6.74. The monoisotopic (exact) mass is 307 g/mol. The molecule has 108 valence electrons. The van der Waals surface area contributed by atoms with Gasteiger partial charge in [0.2, 0.25) is 10.0 Å². The van der Waals surface area contributed by atoms with Crippen molar-refractivity contribution in [1.82, 2.24) is 0 Å². The number of hydrogen-bond acceptors (Lipinski definition) is 4. The first-order chi connectivity index (χ1) is 8.71. The Balaban J connectivity index is 2.78. The SMILES string of the molecule is Cc1cc(Cl)cc(NS(=O)(=O)CCOC(C)C)c1O. The average Bonchev–Trinajstić information content (AvgIpc) is 2.23. The van der Waals surface area contributed by atoms with Gasteiger partial charge in [0, 0.05) is 5.02 Å². The number of phenols is 1. The highest BCUT2D eigenvalue weighted by Crippen LogP contribution is 2.31. The molecule has 1 aromatic carbocycles. The summed E-state index contributed by atoms with van der Waals surface area (Å²) in [7, 11) is -3.58. The number of halogens is 1. The quantitative estimate of drug-likeness (QED) is 0.792. The molecule has 0 unspecified atom stereocenters. The molecule has 1 aromatic rings. The molecule has 0 spiro atoms. The summed E-state index contributed by atoms with van der Waals surface area (Å²) in [6, 6.07) is 2.92. The van der Waals surface area contributed by atoms with Crippen molar-refractivity contribution in [1.29, 1.82) is 0 Å². The predicted octanol–water partition coefficient (Wildman–Crippen LogP) is 2.52. The van der Waals surface area contributed by atoms with Crippen LogP contribution >= 0.6 is 11.6 Å². The second-order valence-electron chi connectivity index (χ2n) is 4.46. The van der Waals surface area contributed by atoms with Crippen molar-refractivity contribution in [2.45, 2.75) is 26.9 Å². The largest absolute Gasteiger partial charge is 0.505 e. The minimum absolute atomic E-state index is 0.0305. The Morgan fingerprint density at radius 1 is 1.42 bits per heavy atom. The zero-order valence-electron chi connectivity index (χ0n) is 11.1. The third-order valence-electron chi connectivity index (χ3n) is 2.33. The van der Waals surface area contributed by atoms with E-state index in [0.717, 1.165) is 0 Å². The van der Waals surface area contributed by atoms with E-state index < -0.39 is 10.0 Å². The van der Waals surface area contributed by atoms with E-state index in [1.54, 1.807) is 13.0 Å². The van der Waals surface area contributed by atoms with Gasteiger partial charge in [0.05, 0.1) is 24.2 Å². The first kappa shape index (κ1) is 16.1. The van der Waals surface area contributed by atoms with E-state index in [4.69, 9.17) is 16.3 Å². The van der Waals surface area contributed by atoms with Gasteiger partial charge < -0.3 is 9.84 Å². The normalized spacial score (nSPS) is 11.8. The lowest BCUT2D eigenvalue weighted by atomic mass is 10.2. The number of benzene rings is 1. The maximum atomic E-state index is 11.8. The molecular formula is C12H18ClNO4S. The fourth-order valence-electron chi connectivity index (χ4n) is 1.43. The van der Waals surface area contributed by atoms with Crippen molar-refractivity contribution >= 4 is 27.3 Å². The van der Waals surface area contributed by atoms with Crippen LogP contribution in [-0.2, 0) is 14.8 Å². The van der Waals surface area contributed by atoms with Gasteiger partial charge >= 0.3 is 0 Å². The highest BCUT2D eigenvalue weighted by atomic mass is 35.5. The fourth-order valence-corrected chi connectivity index (χ4v) is 2.61. The second kappa shape index (κ2) is 6.45. The van der Waals surface area contributed by atoms with Crippen LogP contribution in [0.4, 0.5) is 5.69 Å². The van der Waals surface area contributed by atoms with Crippen LogP contribution in [0.5, 0.6) is 5.75 Å². The Bertz CT molecular complexity index is 543. The van der Waals surface area contributed by atoms with Crippen molar-refractivity contribution < 1.29 is 18.3 Å². The summed E-state index contributed by atoms with van der Waals surface area (Å²) in [6.45, 7) is 5.38. The van der Waals surface area contributed by atoms with E-state index in [1.165, 1.54) is 6.07 Å². The standard InChI is InChI=1S/C12H18ClNO4S/c1-8(2)18-4-5-19(16,17)14-11-7-10(13)6-9(3)12(11)15/h6-8,14-15H,4-5H2,1-3H3. The molecule has 0 amide bonds. The first-order valence-electron chi connectivity index (χ1n) is 5.82. The summed E-state index contributed by atoms with van der Waals surface area (Å²) in [4.78, 5) is 0. The summed E-state index contributed by atoms with van der Waals surface area (Å²) < 4.78 is 31.1. The van der Waals surface area contributed by atoms with Crippen molar-refractivity contribution in [2.75, 3.05) is 17.1 Å². The van der Waals surface area contributed by atoms with Crippen LogP contribution in [0.15, 0.2) is 12.1 Å². The summed E-state index contributed by atoms with van der Waals surface area (Å²) in [5.41, 5.74) is 0.582. The van der Waals surface area contributed by atoms with Crippen molar-refractivity contribution in [3.63, 3.8) is 0 Å². The van der Waals surface area contributed by atoms with Crippen molar-refractivity contribution in [3.8, 4) is 5.75 Å². The molecule has 0 radical (unpaired) electrons. The van der Waals surface area contributed by atoms with E-state index >= 15 is 0 Å². The molecule has 0 aromatic heterocycles. The molecule has 19 heavy (non-hydrogen) atoms. The highest BCUT2D eigenvalue weighted by Gasteiger charge is 2.15. The molecule has 2 N–H and O–H groups in total. The van der Waals surface area contributed by atoms with Gasteiger partial charge in [-0.3, -0.25) is 4.72 Å². The zero-order chi connectivity index (χ0) is 14.6. The molecule has 7 heteroatoms. The number of rotatable bonds is 6. The first-order valence-corrected chi connectivity index (χ1v) is 7.85. The van der Waals surface area contributed by atoms with Gasteiger partial charge in [-0.2, -0.15) is 0 Å². The Kier molecular flexibility index (Phi) is 5.46. The van der Waals surface area contributed by atoms with E-state index in [0.29, 0.717) is 10.6 Å². The number of aryl methyl sites for hydroxylation is 1. The molecule has 0 aliphatic rings. The maximum absolute atomic E-state index is 11.8. The number of hydrogen-bond donors (Lipinski definition) is 2. The van der Waals surface area contributed by atoms with E-state index in [-0.39, 0.29) is 29.9 Å². The maximum Gasteiger partial charge on any atom is 0.235 e. The van der Waals surface area contributed by atoms with Gasteiger partial charge in [-0.1, -0.05) is 11.6 Å². The summed E-state index contributed by atoms with van der Waals surface area (Å²) in [5.74, 6) is -0.311. The number of ether oxygens (including phenoxy) is 1. The van der Waals surface area contributed by atoms with Gasteiger partial charge in [-0.15, -0.1) is 0 Å². The average molecular weight is 308 g/mol. The minimum Gasteiger partial charge on any atom is -0.505 e. The molecule has 0 heterocycles. The summed E-state index contributed by atoms with van der Waals surface area (Å²) >= 11 is 5.83. The third-order valence-corrected chi connectivity index (χ3v) is 3.79. The summed E-state index contributed by atoms with van der Waals surface area (Å²) in [5, 5.41) is 10.1. The molecule has 1 rings (SSSR count). The molecule has 0 aliphatic heterocycles. The molecule has 0 saturated heterocycles. The smallest absolute Gasteiger partial charge is 0.235 e. The van der Waals surface area contributed by atoms with Gasteiger partial charge in [0.1, 0.15) is 5.75 Å². The number of anilines is 1. The highest BCUT2D eigenvalue weighted by molar-refractivity contribution is 7.92. The van der Waals surface area contributed by atoms with E-state index in [9.17, 15) is 13.5 Å². The number of aromatic hydroxyl groups is 1. The lowest BCUT2D eigenvalue weighted by molar-refractivity contribution is 0.0913. The molecule has 0 bridgehead atoms. The van der Waals surface area contributed by atoms with Crippen LogP contribution < -0.4 is 4.72 Å². The number of phenolic OH excluding ortho intramolecular Hbond substituents is 1. The van der Waals surface area contributed by atoms with E-state index in [2.05, 4.69) is 4.72 Å². The molecule has 0 fully saturated rings. The van der Waals surface area contributed by atoms with Crippen molar-refractivity contribution in [2.24, 2.45) is 0 Å². The lowest BCUT2D eigenvalue weighted by Gasteiger charge is -2.12. The molecule has 5 nitrogen and oxygen atoms in total. The summed E-state index contributed by atoms with van der Waals surface area (Å²) in [6.07, 6.45) is -0.0305. The van der Waals surface area contributed by atoms with Gasteiger partial charge in [0.15, 0.2) is 0 Å². The van der Waals surface area contributed by atoms with E-state index in [1.807, 2.05) is 13.8 Å². The van der Waals surface area contributed by atoms with Crippen LogP contribution in [-0.4, -0.2) is 32.0 Å². The zero-order valence-corrected chi connectivity index (χ0v) is 12.7. The lowest BCUT2D eigenvalue weighted by Crippen LogP contribution is -2.21. The number of nitrogens with one attached hydrogen (secondary N) is 1. The Labute approximate surface area is 118 Å². The van der Waals surface area contributed by atoms with Gasteiger partial charge in [-0.05, 0) is 38.5 Å². The topological polar surface area (TPSA) is 75.6 Å². The van der Waals surface area contributed by atoms with Crippen LogP contribution in [0.3, 0.4) is 0 Å².